The molecule has 19 heavy (non-hydrogen) atoms. The highest BCUT2D eigenvalue weighted by molar-refractivity contribution is 7.98. The van der Waals surface area contributed by atoms with Crippen molar-refractivity contribution in [1.29, 1.82) is 0 Å². The summed E-state index contributed by atoms with van der Waals surface area (Å²) in [5, 5.41) is 5.13. The molecule has 2 nitrogen and oxygen atoms in total. The SMILES string of the molecule is CNC(C)c1cccnc1SCc1ccccc1Cl. The lowest BCUT2D eigenvalue weighted by molar-refractivity contribution is 0.634. The summed E-state index contributed by atoms with van der Waals surface area (Å²) < 4.78 is 0. The predicted molar refractivity (Wildman–Crippen MR) is 82.7 cm³/mol. The molecular formula is C15H17ClN2S. The maximum Gasteiger partial charge on any atom is 0.101 e. The van der Waals surface area contributed by atoms with Gasteiger partial charge in [0.25, 0.3) is 0 Å². The summed E-state index contributed by atoms with van der Waals surface area (Å²) in [5.74, 6) is 0.833. The minimum absolute atomic E-state index is 0.294. The van der Waals surface area contributed by atoms with Crippen LogP contribution in [0.1, 0.15) is 24.1 Å². The van der Waals surface area contributed by atoms with Crippen molar-refractivity contribution >= 4 is 23.4 Å². The van der Waals surface area contributed by atoms with Gasteiger partial charge in [0.1, 0.15) is 5.03 Å². The van der Waals surface area contributed by atoms with Gasteiger partial charge in [-0.3, -0.25) is 0 Å². The normalized spacial score (nSPS) is 12.4. The number of benzene rings is 1. The molecule has 1 aromatic heterocycles. The first-order valence-electron chi connectivity index (χ1n) is 6.20. The van der Waals surface area contributed by atoms with Gasteiger partial charge in [0.15, 0.2) is 0 Å². The molecule has 1 N–H and O–H groups in total. The maximum absolute atomic E-state index is 6.17. The molecule has 0 spiro atoms. The number of rotatable bonds is 5. The Hall–Kier alpha value is -1.03. The van der Waals surface area contributed by atoms with Crippen molar-refractivity contribution in [3.05, 3.63) is 58.7 Å². The van der Waals surface area contributed by atoms with Gasteiger partial charge in [0, 0.05) is 28.6 Å². The van der Waals surface area contributed by atoms with Crippen LogP contribution in [-0.4, -0.2) is 12.0 Å². The van der Waals surface area contributed by atoms with E-state index in [1.807, 2.05) is 37.5 Å². The van der Waals surface area contributed by atoms with Crippen LogP contribution in [0.2, 0.25) is 5.02 Å². The van der Waals surface area contributed by atoms with Crippen molar-refractivity contribution in [2.45, 2.75) is 23.7 Å². The molecule has 4 heteroatoms. The van der Waals surface area contributed by atoms with Crippen LogP contribution in [-0.2, 0) is 5.75 Å². The first-order valence-corrected chi connectivity index (χ1v) is 7.57. The second-order valence-corrected chi connectivity index (χ2v) is 5.66. The van der Waals surface area contributed by atoms with Crippen LogP contribution >= 0.6 is 23.4 Å². The summed E-state index contributed by atoms with van der Waals surface area (Å²) in [6.45, 7) is 2.14. The molecule has 2 aromatic rings. The number of hydrogen-bond acceptors (Lipinski definition) is 3. The lowest BCUT2D eigenvalue weighted by Crippen LogP contribution is -2.13. The Bertz CT molecular complexity index is 545. The van der Waals surface area contributed by atoms with Crippen LogP contribution in [0.15, 0.2) is 47.6 Å². The number of hydrogen-bond donors (Lipinski definition) is 1. The molecule has 100 valence electrons. The Morgan fingerprint density at radius 1 is 1.26 bits per heavy atom. The third-order valence-corrected chi connectivity index (χ3v) is 4.46. The second-order valence-electron chi connectivity index (χ2n) is 4.29. The molecule has 0 aliphatic heterocycles. The molecule has 1 atom stereocenters. The van der Waals surface area contributed by atoms with E-state index in [4.69, 9.17) is 11.6 Å². The van der Waals surface area contributed by atoms with E-state index in [1.54, 1.807) is 11.8 Å². The second kappa shape index (κ2) is 6.94. The van der Waals surface area contributed by atoms with E-state index in [2.05, 4.69) is 29.4 Å². The zero-order valence-electron chi connectivity index (χ0n) is 11.1. The van der Waals surface area contributed by atoms with E-state index < -0.39 is 0 Å². The molecule has 1 unspecified atom stereocenters. The molecule has 0 aliphatic carbocycles. The zero-order chi connectivity index (χ0) is 13.7. The predicted octanol–water partition coefficient (Wildman–Crippen LogP) is 4.31. The van der Waals surface area contributed by atoms with E-state index in [1.165, 1.54) is 5.56 Å². The van der Waals surface area contributed by atoms with Crippen LogP contribution in [0.25, 0.3) is 0 Å². The van der Waals surface area contributed by atoms with Gasteiger partial charge >= 0.3 is 0 Å². The van der Waals surface area contributed by atoms with Crippen LogP contribution in [0, 0.1) is 0 Å². The average molecular weight is 293 g/mol. The Kier molecular flexibility index (Phi) is 5.25. The van der Waals surface area contributed by atoms with E-state index in [-0.39, 0.29) is 0 Å². The van der Waals surface area contributed by atoms with Gasteiger partial charge in [-0.15, -0.1) is 11.8 Å². The van der Waals surface area contributed by atoms with Crippen molar-refractivity contribution in [3.8, 4) is 0 Å². The molecule has 0 radical (unpaired) electrons. The molecule has 0 fully saturated rings. The molecule has 0 bridgehead atoms. The smallest absolute Gasteiger partial charge is 0.101 e. The molecule has 1 heterocycles. The first kappa shape index (κ1) is 14.4. The molecule has 0 saturated carbocycles. The van der Waals surface area contributed by atoms with Gasteiger partial charge < -0.3 is 5.32 Å². The lowest BCUT2D eigenvalue weighted by Gasteiger charge is -2.14. The summed E-state index contributed by atoms with van der Waals surface area (Å²) in [6, 6.07) is 12.3. The van der Waals surface area contributed by atoms with Gasteiger partial charge in [-0.05, 0) is 31.7 Å². The number of halogens is 1. The van der Waals surface area contributed by atoms with Crippen molar-refractivity contribution in [2.24, 2.45) is 0 Å². The van der Waals surface area contributed by atoms with Crippen molar-refractivity contribution < 1.29 is 0 Å². The Balaban J connectivity index is 2.14. The van der Waals surface area contributed by atoms with Gasteiger partial charge in [0.2, 0.25) is 0 Å². The number of nitrogens with one attached hydrogen (secondary N) is 1. The van der Waals surface area contributed by atoms with Crippen LogP contribution in [0.3, 0.4) is 0 Å². The third kappa shape index (κ3) is 3.72. The Morgan fingerprint density at radius 3 is 2.79 bits per heavy atom. The third-order valence-electron chi connectivity index (χ3n) is 3.02. The molecule has 0 amide bonds. The van der Waals surface area contributed by atoms with Gasteiger partial charge in [-0.2, -0.15) is 0 Å². The van der Waals surface area contributed by atoms with E-state index >= 15 is 0 Å². The van der Waals surface area contributed by atoms with E-state index in [0.29, 0.717) is 6.04 Å². The quantitative estimate of drug-likeness (QED) is 0.831. The monoisotopic (exact) mass is 292 g/mol. The lowest BCUT2D eigenvalue weighted by atomic mass is 10.1. The fourth-order valence-corrected chi connectivity index (χ4v) is 3.14. The molecule has 2 rings (SSSR count). The standard InChI is InChI=1S/C15H17ClN2S/c1-11(17-2)13-7-5-9-18-15(13)19-10-12-6-3-4-8-14(12)16/h3-9,11,17H,10H2,1-2H3. The number of thioether (sulfide) groups is 1. The highest BCUT2D eigenvalue weighted by Crippen LogP contribution is 2.29. The topological polar surface area (TPSA) is 24.9 Å². The van der Waals surface area contributed by atoms with Gasteiger partial charge in [-0.25, -0.2) is 4.98 Å². The Labute approximate surface area is 123 Å². The zero-order valence-corrected chi connectivity index (χ0v) is 12.6. The largest absolute Gasteiger partial charge is 0.313 e. The summed E-state index contributed by atoms with van der Waals surface area (Å²) in [5.41, 5.74) is 2.37. The summed E-state index contributed by atoms with van der Waals surface area (Å²) in [4.78, 5) is 4.47. The van der Waals surface area contributed by atoms with E-state index in [9.17, 15) is 0 Å². The molecular weight excluding hydrogens is 276 g/mol. The molecule has 1 aromatic carbocycles. The highest BCUT2D eigenvalue weighted by atomic mass is 35.5. The fourth-order valence-electron chi connectivity index (χ4n) is 1.77. The van der Waals surface area contributed by atoms with Crippen molar-refractivity contribution in [3.63, 3.8) is 0 Å². The average Bonchev–Trinajstić information content (AvgIpc) is 2.46. The Morgan fingerprint density at radius 2 is 2.05 bits per heavy atom. The summed E-state index contributed by atoms with van der Waals surface area (Å²) in [6.07, 6.45) is 1.83. The minimum atomic E-state index is 0.294. The van der Waals surface area contributed by atoms with Crippen molar-refractivity contribution in [2.75, 3.05) is 7.05 Å². The summed E-state index contributed by atoms with van der Waals surface area (Å²) >= 11 is 7.90. The number of aromatic nitrogens is 1. The minimum Gasteiger partial charge on any atom is -0.313 e. The molecule has 0 saturated heterocycles. The van der Waals surface area contributed by atoms with Crippen LogP contribution in [0.4, 0.5) is 0 Å². The van der Waals surface area contributed by atoms with Crippen LogP contribution < -0.4 is 5.32 Å². The van der Waals surface area contributed by atoms with Gasteiger partial charge in [0.05, 0.1) is 0 Å². The van der Waals surface area contributed by atoms with Crippen LogP contribution in [0.5, 0.6) is 0 Å². The highest BCUT2D eigenvalue weighted by Gasteiger charge is 2.10. The summed E-state index contributed by atoms with van der Waals surface area (Å²) in [7, 11) is 1.96. The fraction of sp³-hybridized carbons (Fsp3) is 0.267. The number of nitrogens with zero attached hydrogens (tertiary/aromatic N) is 1. The van der Waals surface area contributed by atoms with Gasteiger partial charge in [-0.1, -0.05) is 35.9 Å². The maximum atomic E-state index is 6.17. The molecule has 0 aliphatic rings. The first-order chi connectivity index (χ1) is 9.22. The van der Waals surface area contributed by atoms with Crippen molar-refractivity contribution in [1.82, 2.24) is 10.3 Å². The number of pyridine rings is 1. The van der Waals surface area contributed by atoms with E-state index in [0.717, 1.165) is 21.4 Å².